The summed E-state index contributed by atoms with van der Waals surface area (Å²) in [5.41, 5.74) is 0.519. The summed E-state index contributed by atoms with van der Waals surface area (Å²) in [7, 11) is 1.53. The zero-order valence-corrected chi connectivity index (χ0v) is 15.1. The molecule has 25 heavy (non-hydrogen) atoms. The van der Waals surface area contributed by atoms with E-state index < -0.39 is 11.9 Å². The van der Waals surface area contributed by atoms with Crippen LogP contribution in [-0.4, -0.2) is 29.2 Å². The maximum absolute atomic E-state index is 12.1. The topological polar surface area (TPSA) is 87.7 Å². The Bertz CT molecular complexity index is 818. The lowest BCUT2D eigenvalue weighted by Crippen LogP contribution is -2.34. The van der Waals surface area contributed by atoms with Crippen LogP contribution < -0.4 is 15.4 Å². The number of hydrogen-bond donors (Lipinski definition) is 3. The number of aromatic carboxylic acids is 1. The van der Waals surface area contributed by atoms with Gasteiger partial charge in [-0.3, -0.25) is 10.1 Å². The van der Waals surface area contributed by atoms with E-state index >= 15 is 0 Å². The summed E-state index contributed by atoms with van der Waals surface area (Å²) < 4.78 is 5.02. The van der Waals surface area contributed by atoms with Crippen LogP contribution in [0, 0.1) is 0 Å². The van der Waals surface area contributed by atoms with Crippen LogP contribution >= 0.6 is 35.4 Å². The summed E-state index contributed by atoms with van der Waals surface area (Å²) >= 11 is 17.1. The van der Waals surface area contributed by atoms with Gasteiger partial charge in [0.2, 0.25) is 0 Å². The van der Waals surface area contributed by atoms with Gasteiger partial charge >= 0.3 is 5.97 Å². The van der Waals surface area contributed by atoms with Gasteiger partial charge in [-0.15, -0.1) is 0 Å². The minimum Gasteiger partial charge on any atom is -0.497 e. The molecule has 0 aromatic heterocycles. The summed E-state index contributed by atoms with van der Waals surface area (Å²) in [6, 6.07) is 8.91. The van der Waals surface area contributed by atoms with Gasteiger partial charge in [0.15, 0.2) is 5.11 Å². The Morgan fingerprint density at radius 3 is 2.12 bits per heavy atom. The standard InChI is InChI=1S/C16H12Cl2N2O4S/c1-24-10-4-2-8(3-5-10)14(21)20-16(25)19-13-11(17)6-9(15(22)23)7-12(13)18/h2-7H,1H3,(H,22,23)(H2,19,20,21,25). The molecule has 0 atom stereocenters. The Morgan fingerprint density at radius 2 is 1.64 bits per heavy atom. The Kier molecular flexibility index (Phi) is 6.19. The van der Waals surface area contributed by atoms with Crippen molar-refractivity contribution in [2.75, 3.05) is 12.4 Å². The predicted molar refractivity (Wildman–Crippen MR) is 100 cm³/mol. The smallest absolute Gasteiger partial charge is 0.335 e. The molecule has 2 rings (SSSR count). The average Bonchev–Trinajstić information content (AvgIpc) is 2.57. The summed E-state index contributed by atoms with van der Waals surface area (Å²) in [6.07, 6.45) is 0. The van der Waals surface area contributed by atoms with Crippen LogP contribution in [0.5, 0.6) is 5.75 Å². The van der Waals surface area contributed by atoms with Crippen molar-refractivity contribution in [3.05, 3.63) is 57.6 Å². The molecule has 0 bridgehead atoms. The Balaban J connectivity index is 2.09. The van der Waals surface area contributed by atoms with E-state index in [-0.39, 0.29) is 26.4 Å². The molecule has 0 saturated carbocycles. The first-order chi connectivity index (χ1) is 11.8. The van der Waals surface area contributed by atoms with Gasteiger partial charge in [-0.1, -0.05) is 23.2 Å². The second kappa shape index (κ2) is 8.15. The lowest BCUT2D eigenvalue weighted by molar-refractivity contribution is 0.0696. The molecule has 2 aromatic rings. The Morgan fingerprint density at radius 1 is 1.08 bits per heavy atom. The van der Waals surface area contributed by atoms with Gasteiger partial charge in [-0.05, 0) is 48.6 Å². The maximum atomic E-state index is 12.1. The predicted octanol–water partition coefficient (Wildman–Crippen LogP) is 3.83. The number of amides is 1. The van der Waals surface area contributed by atoms with Gasteiger partial charge in [0.05, 0.1) is 28.4 Å². The molecule has 0 spiro atoms. The highest BCUT2D eigenvalue weighted by atomic mass is 35.5. The molecule has 1 amide bonds. The fraction of sp³-hybridized carbons (Fsp3) is 0.0625. The van der Waals surface area contributed by atoms with Crippen LogP contribution in [0.2, 0.25) is 10.0 Å². The number of carboxylic acid groups (broad SMARTS) is 1. The summed E-state index contributed by atoms with van der Waals surface area (Å²) in [6.45, 7) is 0. The molecule has 3 N–H and O–H groups in total. The van der Waals surface area contributed by atoms with E-state index in [9.17, 15) is 9.59 Å². The van der Waals surface area contributed by atoms with E-state index in [1.54, 1.807) is 24.3 Å². The number of anilines is 1. The number of rotatable bonds is 4. The summed E-state index contributed by atoms with van der Waals surface area (Å²) in [4.78, 5) is 23.1. The van der Waals surface area contributed by atoms with E-state index in [0.29, 0.717) is 11.3 Å². The van der Waals surface area contributed by atoms with E-state index in [0.717, 1.165) is 0 Å². The lowest BCUT2D eigenvalue weighted by atomic mass is 10.2. The van der Waals surface area contributed by atoms with E-state index in [4.69, 9.17) is 45.3 Å². The highest BCUT2D eigenvalue weighted by molar-refractivity contribution is 7.80. The number of methoxy groups -OCH3 is 1. The number of carboxylic acids is 1. The van der Waals surface area contributed by atoms with Gasteiger partial charge in [0.1, 0.15) is 5.75 Å². The normalized spacial score (nSPS) is 10.0. The van der Waals surface area contributed by atoms with Gasteiger partial charge < -0.3 is 15.2 Å². The number of hydrogen-bond acceptors (Lipinski definition) is 4. The molecule has 9 heteroatoms. The molecule has 130 valence electrons. The molecular formula is C16H12Cl2N2O4S. The number of ether oxygens (including phenoxy) is 1. The average molecular weight is 399 g/mol. The van der Waals surface area contributed by atoms with Crippen molar-refractivity contribution in [2.45, 2.75) is 0 Å². The molecule has 0 heterocycles. The zero-order valence-electron chi connectivity index (χ0n) is 12.8. The van der Waals surface area contributed by atoms with E-state index in [2.05, 4.69) is 10.6 Å². The second-order valence-electron chi connectivity index (χ2n) is 4.76. The molecule has 0 aliphatic carbocycles. The third-order valence-corrected chi connectivity index (χ3v) is 3.91. The first kappa shape index (κ1) is 19.0. The van der Waals surface area contributed by atoms with Crippen molar-refractivity contribution in [3.63, 3.8) is 0 Å². The van der Waals surface area contributed by atoms with Crippen molar-refractivity contribution >= 4 is 58.1 Å². The molecule has 6 nitrogen and oxygen atoms in total. The Hall–Kier alpha value is -2.35. The van der Waals surface area contributed by atoms with Crippen LogP contribution in [-0.2, 0) is 0 Å². The molecule has 2 aromatic carbocycles. The van der Waals surface area contributed by atoms with Crippen molar-refractivity contribution < 1.29 is 19.4 Å². The van der Waals surface area contributed by atoms with Crippen molar-refractivity contribution in [1.29, 1.82) is 0 Å². The molecule has 0 saturated heterocycles. The van der Waals surface area contributed by atoms with Crippen molar-refractivity contribution in [2.24, 2.45) is 0 Å². The first-order valence-electron chi connectivity index (χ1n) is 6.80. The fourth-order valence-corrected chi connectivity index (χ4v) is 2.65. The largest absolute Gasteiger partial charge is 0.497 e. The number of thiocarbonyl (C=S) groups is 1. The third kappa shape index (κ3) is 4.82. The second-order valence-corrected chi connectivity index (χ2v) is 5.98. The fourth-order valence-electron chi connectivity index (χ4n) is 1.88. The lowest BCUT2D eigenvalue weighted by Gasteiger charge is -2.13. The third-order valence-electron chi connectivity index (χ3n) is 3.11. The number of carbonyl (C=O) groups excluding carboxylic acids is 1. The SMILES string of the molecule is COc1ccc(C(=O)NC(=S)Nc2c(Cl)cc(C(=O)O)cc2Cl)cc1. The maximum Gasteiger partial charge on any atom is 0.335 e. The monoisotopic (exact) mass is 398 g/mol. The molecule has 0 fully saturated rings. The molecule has 0 aliphatic rings. The number of benzene rings is 2. The quantitative estimate of drug-likeness (QED) is 0.678. The summed E-state index contributed by atoms with van der Waals surface area (Å²) in [5.74, 6) is -0.977. The zero-order chi connectivity index (χ0) is 18.6. The summed E-state index contributed by atoms with van der Waals surface area (Å²) in [5, 5.41) is 14.2. The van der Waals surface area contributed by atoms with E-state index in [1.807, 2.05) is 0 Å². The van der Waals surface area contributed by atoms with Crippen molar-refractivity contribution in [1.82, 2.24) is 5.32 Å². The highest BCUT2D eigenvalue weighted by Crippen LogP contribution is 2.31. The Labute approximate surface area is 158 Å². The van der Waals surface area contributed by atoms with Gasteiger partial charge in [-0.2, -0.15) is 0 Å². The van der Waals surface area contributed by atoms with Crippen LogP contribution in [0.1, 0.15) is 20.7 Å². The van der Waals surface area contributed by atoms with Gasteiger partial charge in [-0.25, -0.2) is 4.79 Å². The van der Waals surface area contributed by atoms with Crippen LogP contribution in [0.25, 0.3) is 0 Å². The van der Waals surface area contributed by atoms with Crippen LogP contribution in [0.3, 0.4) is 0 Å². The van der Waals surface area contributed by atoms with E-state index in [1.165, 1.54) is 19.2 Å². The molecule has 0 unspecified atom stereocenters. The van der Waals surface area contributed by atoms with Crippen LogP contribution in [0.4, 0.5) is 5.69 Å². The number of nitrogens with one attached hydrogen (secondary N) is 2. The highest BCUT2D eigenvalue weighted by Gasteiger charge is 2.15. The van der Waals surface area contributed by atoms with Crippen LogP contribution in [0.15, 0.2) is 36.4 Å². The molecular weight excluding hydrogens is 387 g/mol. The number of carbonyl (C=O) groups is 2. The van der Waals surface area contributed by atoms with Crippen molar-refractivity contribution in [3.8, 4) is 5.75 Å². The first-order valence-corrected chi connectivity index (χ1v) is 7.97. The molecule has 0 radical (unpaired) electrons. The molecule has 0 aliphatic heterocycles. The van der Waals surface area contributed by atoms with Gasteiger partial charge in [0, 0.05) is 5.56 Å². The van der Waals surface area contributed by atoms with Gasteiger partial charge in [0.25, 0.3) is 5.91 Å². The minimum absolute atomic E-state index is 0.0345. The number of halogens is 2. The minimum atomic E-state index is -1.16.